The fourth-order valence-electron chi connectivity index (χ4n) is 5.56. The Morgan fingerprint density at radius 2 is 0.419 bits per heavy atom. The van der Waals surface area contributed by atoms with E-state index < -0.39 is 6.93 Å². The molecule has 0 atom stereocenters. The van der Waals surface area contributed by atoms with Crippen molar-refractivity contribution in [1.82, 2.24) is 0 Å². The van der Waals surface area contributed by atoms with Gasteiger partial charge in [0.25, 0.3) is 0 Å². The molecular formula is C39H86F2N2+2. The van der Waals surface area contributed by atoms with Crippen LogP contribution in [-0.4, -0.2) is 71.3 Å². The monoisotopic (exact) mass is 621 g/mol. The average Bonchev–Trinajstić information content (AvgIpc) is 2.93. The van der Waals surface area contributed by atoms with Crippen LogP contribution in [0.2, 0.25) is 0 Å². The highest BCUT2D eigenvalue weighted by Gasteiger charge is 2.06. The Morgan fingerprint density at radius 1 is 0.279 bits per heavy atom. The predicted octanol–water partition coefficient (Wildman–Crippen LogP) is 13.2. The highest BCUT2D eigenvalue weighted by Crippen LogP contribution is 2.14. The Balaban J connectivity index is -0.000000681. The summed E-state index contributed by atoms with van der Waals surface area (Å²) < 4.78 is 21.5. The van der Waals surface area contributed by atoms with Gasteiger partial charge in [-0.1, -0.05) is 168 Å². The Morgan fingerprint density at radius 3 is 0.558 bits per heavy atom. The molecule has 0 N–H and O–H groups in total. The van der Waals surface area contributed by atoms with Gasteiger partial charge in [-0.15, -0.1) is 0 Å². The molecule has 0 saturated carbocycles. The van der Waals surface area contributed by atoms with Crippen LogP contribution in [0.4, 0.5) is 8.78 Å². The number of nitrogens with zero attached hydrogens (tertiary/aromatic N) is 2. The molecule has 0 unspecified atom stereocenters. The van der Waals surface area contributed by atoms with Gasteiger partial charge in [0, 0.05) is 0 Å². The molecule has 43 heavy (non-hydrogen) atoms. The van der Waals surface area contributed by atoms with E-state index in [1.807, 2.05) is 0 Å². The van der Waals surface area contributed by atoms with Gasteiger partial charge >= 0.3 is 0 Å². The van der Waals surface area contributed by atoms with Gasteiger partial charge in [0.1, 0.15) is 0 Å². The minimum absolute atomic E-state index is 1.12. The molecule has 2 nitrogen and oxygen atoms in total. The summed E-state index contributed by atoms with van der Waals surface area (Å²) in [6, 6.07) is 0. The fraction of sp³-hybridized carbons (Fsp3) is 1.00. The molecule has 0 amide bonds. The van der Waals surface area contributed by atoms with E-state index in [0.29, 0.717) is 0 Å². The molecule has 0 aromatic heterocycles. The van der Waals surface area contributed by atoms with Crippen LogP contribution >= 0.6 is 0 Å². The van der Waals surface area contributed by atoms with Gasteiger partial charge in [-0.2, -0.15) is 0 Å². The second-order valence-electron chi connectivity index (χ2n) is 15.3. The summed E-state index contributed by atoms with van der Waals surface area (Å²) in [6.45, 7) is 5.50. The first kappa shape index (κ1) is 47.2. The van der Waals surface area contributed by atoms with Crippen molar-refractivity contribution in [2.75, 3.05) is 62.3 Å². The fourth-order valence-corrected chi connectivity index (χ4v) is 5.56. The summed E-state index contributed by atoms with van der Waals surface area (Å²) in [6.07, 6.45) is 40.7. The lowest BCUT2D eigenvalue weighted by Gasteiger charge is -2.23. The van der Waals surface area contributed by atoms with Crippen molar-refractivity contribution in [2.45, 2.75) is 194 Å². The third-order valence-electron chi connectivity index (χ3n) is 8.36. The number of alkyl halides is 2. The van der Waals surface area contributed by atoms with E-state index >= 15 is 0 Å². The summed E-state index contributed by atoms with van der Waals surface area (Å²) in [4.78, 5) is 0. The van der Waals surface area contributed by atoms with Gasteiger partial charge in [-0.25, -0.2) is 8.78 Å². The third kappa shape index (κ3) is 57.9. The maximum Gasteiger partial charge on any atom is 0.229 e. The first-order chi connectivity index (χ1) is 20.5. The number of hydrogen-bond donors (Lipinski definition) is 0. The number of unbranched alkanes of at least 4 members (excludes halogenated alkanes) is 26. The summed E-state index contributed by atoms with van der Waals surface area (Å²) in [5, 5.41) is 0. The van der Waals surface area contributed by atoms with Crippen LogP contribution in [0.3, 0.4) is 0 Å². The minimum atomic E-state index is -1.75. The number of rotatable bonds is 30. The van der Waals surface area contributed by atoms with E-state index in [-0.39, 0.29) is 0 Å². The molecule has 0 spiro atoms. The lowest BCUT2D eigenvalue weighted by molar-refractivity contribution is -0.870. The highest BCUT2D eigenvalue weighted by molar-refractivity contribution is 4.50. The summed E-state index contributed by atoms with van der Waals surface area (Å²) in [7, 11) is 13.8. The van der Waals surface area contributed by atoms with Crippen molar-refractivity contribution in [1.29, 1.82) is 0 Å². The standard InChI is InChI=1S/2C19H42N.CH2F2/c2*1-5-6-7-8-9-10-11-12-13-14-15-16-17-18-19-20(2,3)4;2-1-3/h2*5-19H2,1-4H3;1H2/q2*+1;. The summed E-state index contributed by atoms with van der Waals surface area (Å²) in [5.41, 5.74) is 0. The van der Waals surface area contributed by atoms with Crippen LogP contribution in [0.15, 0.2) is 0 Å². The molecule has 0 bridgehead atoms. The molecule has 0 aliphatic carbocycles. The third-order valence-corrected chi connectivity index (χ3v) is 8.36. The lowest BCUT2D eigenvalue weighted by atomic mass is 10.0. The lowest BCUT2D eigenvalue weighted by Crippen LogP contribution is -2.35. The average molecular weight is 621 g/mol. The van der Waals surface area contributed by atoms with E-state index in [0.717, 1.165) is 8.97 Å². The van der Waals surface area contributed by atoms with Crippen LogP contribution in [0.25, 0.3) is 0 Å². The van der Waals surface area contributed by atoms with Gasteiger partial charge in [-0.3, -0.25) is 0 Å². The summed E-state index contributed by atoms with van der Waals surface area (Å²) in [5.74, 6) is 0. The summed E-state index contributed by atoms with van der Waals surface area (Å²) >= 11 is 0. The van der Waals surface area contributed by atoms with Crippen molar-refractivity contribution in [2.24, 2.45) is 0 Å². The van der Waals surface area contributed by atoms with E-state index in [2.05, 4.69) is 56.1 Å². The van der Waals surface area contributed by atoms with Gasteiger partial charge in [0.05, 0.1) is 55.4 Å². The van der Waals surface area contributed by atoms with Crippen molar-refractivity contribution >= 4 is 0 Å². The molecule has 264 valence electrons. The largest absolute Gasteiger partial charge is 0.331 e. The molecule has 0 heterocycles. The molecule has 0 aromatic rings. The maximum atomic E-state index is 9.62. The molecule has 0 aliphatic rings. The molecular weight excluding hydrogens is 534 g/mol. The quantitative estimate of drug-likeness (QED) is 0.0553. The first-order valence-corrected chi connectivity index (χ1v) is 19.3. The zero-order chi connectivity index (χ0) is 32.9. The number of halogens is 2. The van der Waals surface area contributed by atoms with Crippen LogP contribution in [0, 0.1) is 0 Å². The zero-order valence-corrected chi connectivity index (χ0v) is 31.6. The van der Waals surface area contributed by atoms with Crippen molar-refractivity contribution in [3.63, 3.8) is 0 Å². The van der Waals surface area contributed by atoms with Crippen LogP contribution in [0.1, 0.15) is 194 Å². The second kappa shape index (κ2) is 38.0. The van der Waals surface area contributed by atoms with E-state index in [1.54, 1.807) is 0 Å². The van der Waals surface area contributed by atoms with Crippen LogP contribution in [-0.2, 0) is 0 Å². The molecule has 0 fully saturated rings. The van der Waals surface area contributed by atoms with E-state index in [9.17, 15) is 8.78 Å². The van der Waals surface area contributed by atoms with Gasteiger partial charge in [0.15, 0.2) is 0 Å². The normalized spacial score (nSPS) is 11.6. The zero-order valence-electron chi connectivity index (χ0n) is 31.6. The topological polar surface area (TPSA) is 0 Å². The van der Waals surface area contributed by atoms with Crippen molar-refractivity contribution < 1.29 is 17.7 Å². The van der Waals surface area contributed by atoms with Crippen molar-refractivity contribution in [3.05, 3.63) is 0 Å². The van der Waals surface area contributed by atoms with E-state index in [1.165, 1.54) is 193 Å². The molecule has 0 aromatic carbocycles. The smallest absolute Gasteiger partial charge is 0.229 e. The SMILES string of the molecule is CCCCCCCCCCCCCCCC[N+](C)(C)C.CCCCCCCCCCCCCCCC[N+](C)(C)C.FCF. The maximum absolute atomic E-state index is 9.62. The highest BCUT2D eigenvalue weighted by atomic mass is 19.3. The predicted molar refractivity (Wildman–Crippen MR) is 194 cm³/mol. The molecule has 0 radical (unpaired) electrons. The number of hydrogen-bond acceptors (Lipinski definition) is 0. The second-order valence-corrected chi connectivity index (χ2v) is 15.3. The van der Waals surface area contributed by atoms with Gasteiger partial charge < -0.3 is 8.97 Å². The van der Waals surface area contributed by atoms with Crippen LogP contribution in [0.5, 0.6) is 0 Å². The minimum Gasteiger partial charge on any atom is -0.331 e. The van der Waals surface area contributed by atoms with Gasteiger partial charge in [-0.05, 0) is 25.7 Å². The molecule has 0 saturated heterocycles. The first-order valence-electron chi connectivity index (χ1n) is 19.3. The van der Waals surface area contributed by atoms with E-state index in [4.69, 9.17) is 0 Å². The molecule has 4 heteroatoms. The Labute approximate surface area is 273 Å². The molecule has 0 rings (SSSR count). The van der Waals surface area contributed by atoms with Crippen LogP contribution < -0.4 is 0 Å². The van der Waals surface area contributed by atoms with Gasteiger partial charge in [0.2, 0.25) is 6.93 Å². The number of quaternary nitrogens is 2. The Bertz CT molecular complexity index is 429. The Kier molecular flexibility index (Phi) is 41.7. The molecule has 0 aliphatic heterocycles. The Hall–Kier alpha value is -0.220. The van der Waals surface area contributed by atoms with Crippen molar-refractivity contribution in [3.8, 4) is 0 Å².